The van der Waals surface area contributed by atoms with Crippen molar-refractivity contribution in [3.05, 3.63) is 84.0 Å². The van der Waals surface area contributed by atoms with Crippen molar-refractivity contribution in [1.29, 1.82) is 0 Å². The Morgan fingerprint density at radius 1 is 1.22 bits per heavy atom. The topological polar surface area (TPSA) is 155 Å². The number of aromatic carboxylic acids is 1. The summed E-state index contributed by atoms with van der Waals surface area (Å²) < 4.78 is 41.3. The van der Waals surface area contributed by atoms with Gasteiger partial charge in [0.25, 0.3) is 0 Å². The van der Waals surface area contributed by atoms with Crippen molar-refractivity contribution in [2.45, 2.75) is 33.0 Å². The van der Waals surface area contributed by atoms with E-state index >= 15 is 4.39 Å². The van der Waals surface area contributed by atoms with Crippen LogP contribution in [0.5, 0.6) is 0 Å². The number of nitrogens with two attached hydrogens (primary N) is 1. The Labute approximate surface area is 235 Å². The molecule has 41 heavy (non-hydrogen) atoms. The number of likely N-dealkylation sites (N-methyl/N-ethyl adjacent to an activating group) is 1. The number of nitrogen functional groups attached to an aromatic ring is 1. The summed E-state index contributed by atoms with van der Waals surface area (Å²) >= 11 is 6.80. The monoisotopic (exact) mass is 590 g/mol. The predicted octanol–water partition coefficient (Wildman–Crippen LogP) is 3.18. The van der Waals surface area contributed by atoms with E-state index in [2.05, 4.69) is 0 Å². The smallest absolute Gasteiger partial charge is 0.477 e. The summed E-state index contributed by atoms with van der Waals surface area (Å²) in [5.74, 6) is -3.24. The van der Waals surface area contributed by atoms with Crippen molar-refractivity contribution < 1.29 is 32.6 Å². The predicted molar refractivity (Wildman–Crippen MR) is 146 cm³/mol. The number of aliphatic hydroxyl groups excluding tert-OH is 1. The van der Waals surface area contributed by atoms with Crippen molar-refractivity contribution in [3.8, 4) is 5.69 Å². The number of carbonyl (C=O) groups is 1. The van der Waals surface area contributed by atoms with Gasteiger partial charge in [0.05, 0.1) is 46.1 Å². The number of anilines is 2. The lowest BCUT2D eigenvalue weighted by atomic mass is 9.99. The van der Waals surface area contributed by atoms with Crippen LogP contribution in [-0.4, -0.2) is 51.8 Å². The Balaban J connectivity index is 1.64. The van der Waals surface area contributed by atoms with E-state index in [1.807, 2.05) is 4.90 Å². The molecule has 1 aliphatic rings. The number of benzene rings is 2. The molecular weight excluding hydrogens is 566 g/mol. The number of halogens is 3. The first-order valence-corrected chi connectivity index (χ1v) is 12.8. The van der Waals surface area contributed by atoms with E-state index in [0.29, 0.717) is 24.6 Å². The minimum absolute atomic E-state index is 0.0100. The molecule has 0 saturated carbocycles. The Hall–Kier alpha value is -4.20. The number of aromatic nitrogens is 1. The quantitative estimate of drug-likeness (QED) is 0.273. The number of aryl methyl sites for hydroxylation is 2. The van der Waals surface area contributed by atoms with Gasteiger partial charge in [0, 0.05) is 36.5 Å². The maximum absolute atomic E-state index is 15.9. The van der Waals surface area contributed by atoms with E-state index in [4.69, 9.17) is 26.2 Å². The van der Waals surface area contributed by atoms with Crippen LogP contribution in [0.15, 0.2) is 36.8 Å². The standard InChI is InChI=1S/C27H25ClF2N4O7/c1-11-20-23(34(8-15(25(20)36)26(37)38)18-5-17(31)16(29)4-13(18)10-35)21(28)24(22(11)30)33-6-14(7-33)32(3)9-19-12(2)40-27(39)41-19/h4-5,8,14,35H,6-7,9-10,31H2,1-3H3,(H,37,38). The molecule has 0 spiro atoms. The Bertz CT molecular complexity index is 1840. The molecule has 14 heteroatoms. The lowest BCUT2D eigenvalue weighted by molar-refractivity contribution is 0.0695. The minimum atomic E-state index is -1.57. The van der Waals surface area contributed by atoms with Crippen molar-refractivity contribution >= 4 is 39.8 Å². The maximum Gasteiger partial charge on any atom is 0.519 e. The van der Waals surface area contributed by atoms with Gasteiger partial charge in [-0.3, -0.25) is 9.69 Å². The second-order valence-corrected chi connectivity index (χ2v) is 10.3. The molecule has 11 nitrogen and oxygen atoms in total. The van der Waals surface area contributed by atoms with Gasteiger partial charge in [0.2, 0.25) is 5.43 Å². The molecule has 2 aromatic heterocycles. The first-order chi connectivity index (χ1) is 19.3. The van der Waals surface area contributed by atoms with Gasteiger partial charge in [-0.25, -0.2) is 18.4 Å². The van der Waals surface area contributed by atoms with Gasteiger partial charge in [-0.05, 0) is 33.0 Å². The number of fused-ring (bicyclic) bond motifs is 1. The van der Waals surface area contributed by atoms with E-state index in [9.17, 15) is 29.0 Å². The minimum Gasteiger partial charge on any atom is -0.477 e. The summed E-state index contributed by atoms with van der Waals surface area (Å²) in [6.07, 6.45) is 1.000. The Kier molecular flexibility index (Phi) is 7.14. The van der Waals surface area contributed by atoms with Crippen LogP contribution >= 0.6 is 11.6 Å². The zero-order chi connectivity index (χ0) is 29.9. The molecule has 0 bridgehead atoms. The molecule has 2 aromatic carbocycles. The van der Waals surface area contributed by atoms with Crippen LogP contribution in [0.25, 0.3) is 16.6 Å². The van der Waals surface area contributed by atoms with E-state index in [1.165, 1.54) is 17.6 Å². The van der Waals surface area contributed by atoms with Gasteiger partial charge in [0.1, 0.15) is 17.1 Å². The van der Waals surface area contributed by atoms with Crippen LogP contribution in [0.2, 0.25) is 5.02 Å². The van der Waals surface area contributed by atoms with Gasteiger partial charge in [-0.1, -0.05) is 11.6 Å². The van der Waals surface area contributed by atoms with Crippen LogP contribution in [0.4, 0.5) is 20.2 Å². The number of hydrogen-bond donors (Lipinski definition) is 3. The third kappa shape index (κ3) is 4.65. The van der Waals surface area contributed by atoms with E-state index in [-0.39, 0.29) is 56.7 Å². The molecule has 4 aromatic rings. The Morgan fingerprint density at radius 2 is 1.90 bits per heavy atom. The fourth-order valence-electron chi connectivity index (χ4n) is 5.06. The van der Waals surface area contributed by atoms with E-state index in [0.717, 1.165) is 12.3 Å². The molecule has 3 heterocycles. The highest BCUT2D eigenvalue weighted by atomic mass is 35.5. The summed E-state index contributed by atoms with van der Waals surface area (Å²) in [7, 11) is 1.80. The summed E-state index contributed by atoms with van der Waals surface area (Å²) in [5.41, 5.74) is 3.79. The molecule has 4 N–H and O–H groups in total. The maximum atomic E-state index is 15.9. The summed E-state index contributed by atoms with van der Waals surface area (Å²) in [6.45, 7) is 3.22. The largest absolute Gasteiger partial charge is 0.519 e. The molecule has 0 radical (unpaired) electrons. The van der Waals surface area contributed by atoms with Crippen LogP contribution in [-0.2, 0) is 13.2 Å². The number of nitrogens with zero attached hydrogens (tertiary/aromatic N) is 3. The number of aliphatic hydroxyl groups is 1. The number of rotatable bonds is 7. The molecule has 0 aliphatic carbocycles. The number of carboxylic acid groups (broad SMARTS) is 1. The highest BCUT2D eigenvalue weighted by Crippen LogP contribution is 2.41. The lowest BCUT2D eigenvalue weighted by Gasteiger charge is -2.45. The zero-order valence-electron chi connectivity index (χ0n) is 22.1. The van der Waals surface area contributed by atoms with Gasteiger partial charge in [-0.2, -0.15) is 0 Å². The molecule has 5 rings (SSSR count). The number of hydrogen-bond acceptors (Lipinski definition) is 9. The zero-order valence-corrected chi connectivity index (χ0v) is 22.9. The summed E-state index contributed by atoms with van der Waals surface area (Å²) in [4.78, 5) is 40.2. The van der Waals surface area contributed by atoms with Crippen LogP contribution in [0.1, 0.15) is 33.0 Å². The molecule has 1 aliphatic heterocycles. The molecule has 216 valence electrons. The first kappa shape index (κ1) is 28.3. The molecule has 0 unspecified atom stereocenters. The number of pyridine rings is 1. The SMILES string of the molecule is Cc1oc(=O)oc1CN(C)C1CN(c2c(F)c(C)c3c(=O)c(C(=O)O)cn(-c4cc(N)c(F)cc4CO)c3c2Cl)C1. The molecule has 0 amide bonds. The number of carboxylic acids is 1. The third-order valence-electron chi connectivity index (χ3n) is 7.42. The normalized spacial score (nSPS) is 13.8. The molecule has 1 fully saturated rings. The van der Waals surface area contributed by atoms with Gasteiger partial charge in [-0.15, -0.1) is 0 Å². The lowest BCUT2D eigenvalue weighted by Crippen LogP contribution is -2.58. The molecular formula is C27H25ClF2N4O7. The van der Waals surface area contributed by atoms with Crippen LogP contribution < -0.4 is 21.9 Å². The van der Waals surface area contributed by atoms with E-state index in [1.54, 1.807) is 18.9 Å². The molecule has 0 atom stereocenters. The fourth-order valence-corrected chi connectivity index (χ4v) is 5.44. The fraction of sp³-hybridized carbons (Fsp3) is 0.296. The van der Waals surface area contributed by atoms with Crippen molar-refractivity contribution in [2.24, 2.45) is 0 Å². The van der Waals surface area contributed by atoms with Crippen LogP contribution in [0.3, 0.4) is 0 Å². The summed E-state index contributed by atoms with van der Waals surface area (Å²) in [6, 6.07) is 2.08. The average Bonchev–Trinajstić information content (AvgIpc) is 3.20. The van der Waals surface area contributed by atoms with Crippen molar-refractivity contribution in [2.75, 3.05) is 30.8 Å². The second-order valence-electron chi connectivity index (χ2n) is 9.94. The average molecular weight is 591 g/mol. The Morgan fingerprint density at radius 3 is 2.49 bits per heavy atom. The highest BCUT2D eigenvalue weighted by Gasteiger charge is 2.36. The van der Waals surface area contributed by atoms with Gasteiger partial charge >= 0.3 is 11.8 Å². The third-order valence-corrected chi connectivity index (χ3v) is 7.78. The second kappa shape index (κ2) is 10.3. The van der Waals surface area contributed by atoms with Gasteiger partial charge in [0.15, 0.2) is 11.6 Å². The summed E-state index contributed by atoms with van der Waals surface area (Å²) in [5, 5.41) is 19.2. The van der Waals surface area contributed by atoms with Crippen LogP contribution in [0, 0.1) is 25.5 Å². The van der Waals surface area contributed by atoms with Crippen molar-refractivity contribution in [1.82, 2.24) is 9.47 Å². The first-order valence-electron chi connectivity index (χ1n) is 12.4. The highest BCUT2D eigenvalue weighted by molar-refractivity contribution is 6.38. The van der Waals surface area contributed by atoms with E-state index < -0.39 is 41.0 Å². The van der Waals surface area contributed by atoms with Crippen molar-refractivity contribution in [3.63, 3.8) is 0 Å². The van der Waals surface area contributed by atoms with Gasteiger partial charge < -0.3 is 34.2 Å². The molecule has 1 saturated heterocycles.